The van der Waals surface area contributed by atoms with Crippen LogP contribution in [-0.4, -0.2) is 47.0 Å². The zero-order valence-electron chi connectivity index (χ0n) is 22.8. The van der Waals surface area contributed by atoms with Crippen LogP contribution in [0.5, 0.6) is 0 Å². The van der Waals surface area contributed by atoms with Gasteiger partial charge in [-0.25, -0.2) is 4.39 Å². The lowest BCUT2D eigenvalue weighted by Gasteiger charge is -2.44. The molecular weight excluding hydrogens is 507 g/mol. The number of amides is 2. The van der Waals surface area contributed by atoms with Crippen molar-refractivity contribution in [3.8, 4) is 0 Å². The summed E-state index contributed by atoms with van der Waals surface area (Å²) in [7, 11) is 0. The highest BCUT2D eigenvalue weighted by molar-refractivity contribution is 6.07. The van der Waals surface area contributed by atoms with Crippen molar-refractivity contribution in [1.82, 2.24) is 9.47 Å². The molecule has 0 radical (unpaired) electrons. The number of aromatic nitrogens is 1. The standard InChI is InChI=1S/C32H35FN4O3/c1-2-26-6-3-4-15-36(26)32(40)23-11-14-29(27(17-23)34-31(39)22-9-12-25(33)13-10-22)35-18-21-16-24(20-35)28-7-5-8-30(38)37(28)19-21/h5,7-14,17,21,24,26H,2-4,6,15-16,18-20H2,1H3,(H,34,39). The van der Waals surface area contributed by atoms with Crippen LogP contribution < -0.4 is 15.8 Å². The van der Waals surface area contributed by atoms with Crippen LogP contribution in [0.1, 0.15) is 71.4 Å². The third-order valence-corrected chi connectivity index (χ3v) is 8.78. The summed E-state index contributed by atoms with van der Waals surface area (Å²) < 4.78 is 15.4. The van der Waals surface area contributed by atoms with E-state index in [4.69, 9.17) is 0 Å². The number of benzene rings is 2. The van der Waals surface area contributed by atoms with Gasteiger partial charge in [0.1, 0.15) is 5.82 Å². The number of nitrogens with zero attached hydrogens (tertiary/aromatic N) is 3. The normalized spacial score (nSPS) is 22.0. The molecule has 40 heavy (non-hydrogen) atoms. The smallest absolute Gasteiger partial charge is 0.255 e. The molecule has 1 N–H and O–H groups in total. The number of anilines is 2. The molecule has 2 fully saturated rings. The number of halogens is 1. The molecule has 4 heterocycles. The van der Waals surface area contributed by atoms with Crippen LogP contribution in [0.2, 0.25) is 0 Å². The Hall–Kier alpha value is -3.94. The molecule has 1 aromatic heterocycles. The highest BCUT2D eigenvalue weighted by atomic mass is 19.1. The molecule has 0 spiro atoms. The van der Waals surface area contributed by atoms with E-state index in [1.165, 1.54) is 24.3 Å². The van der Waals surface area contributed by atoms with Gasteiger partial charge in [-0.1, -0.05) is 13.0 Å². The predicted molar refractivity (Wildman–Crippen MR) is 154 cm³/mol. The first-order chi connectivity index (χ1) is 19.4. The van der Waals surface area contributed by atoms with Crippen molar-refractivity contribution in [2.24, 2.45) is 5.92 Å². The van der Waals surface area contributed by atoms with Crippen LogP contribution >= 0.6 is 0 Å². The van der Waals surface area contributed by atoms with Gasteiger partial charge in [-0.05, 0) is 86.6 Å². The first-order valence-corrected chi connectivity index (χ1v) is 14.4. The molecule has 2 amide bonds. The van der Waals surface area contributed by atoms with Gasteiger partial charge in [-0.15, -0.1) is 0 Å². The Bertz CT molecular complexity index is 1480. The second-order valence-electron chi connectivity index (χ2n) is 11.4. The SMILES string of the molecule is CCC1CCCCN1C(=O)c1ccc(N2CC3CC(C2)c2cccc(=O)n2C3)c(NC(=O)c2ccc(F)cc2)c1. The molecule has 3 aliphatic rings. The molecule has 2 aromatic carbocycles. The van der Waals surface area contributed by atoms with Gasteiger partial charge in [0.25, 0.3) is 17.4 Å². The Labute approximate surface area is 233 Å². The molecule has 3 unspecified atom stereocenters. The number of likely N-dealkylation sites (tertiary alicyclic amines) is 1. The lowest BCUT2D eigenvalue weighted by atomic mass is 9.83. The fourth-order valence-electron chi connectivity index (χ4n) is 6.79. The van der Waals surface area contributed by atoms with Crippen molar-refractivity contribution in [2.75, 3.05) is 29.9 Å². The fourth-order valence-corrected chi connectivity index (χ4v) is 6.79. The maximum absolute atomic E-state index is 13.7. The number of hydrogen-bond donors (Lipinski definition) is 1. The van der Waals surface area contributed by atoms with Crippen LogP contribution in [0.15, 0.2) is 65.5 Å². The highest BCUT2D eigenvalue weighted by Gasteiger charge is 2.36. The molecule has 3 atom stereocenters. The Morgan fingerprint density at radius 1 is 0.975 bits per heavy atom. The van der Waals surface area contributed by atoms with Crippen molar-refractivity contribution >= 4 is 23.2 Å². The number of pyridine rings is 1. The molecule has 208 valence electrons. The van der Waals surface area contributed by atoms with Crippen molar-refractivity contribution in [3.05, 3.63) is 93.7 Å². The average Bonchev–Trinajstić information content (AvgIpc) is 2.97. The van der Waals surface area contributed by atoms with Gasteiger partial charge in [0, 0.05) is 61.0 Å². The lowest BCUT2D eigenvalue weighted by Crippen LogP contribution is -2.47. The van der Waals surface area contributed by atoms with E-state index in [1.54, 1.807) is 12.1 Å². The van der Waals surface area contributed by atoms with Crippen molar-refractivity contribution in [2.45, 2.75) is 57.5 Å². The summed E-state index contributed by atoms with van der Waals surface area (Å²) in [6, 6.07) is 16.8. The molecule has 0 saturated carbocycles. The Kier molecular flexibility index (Phi) is 7.17. The second-order valence-corrected chi connectivity index (χ2v) is 11.4. The van der Waals surface area contributed by atoms with Gasteiger partial charge < -0.3 is 19.7 Å². The number of hydrogen-bond acceptors (Lipinski definition) is 4. The van der Waals surface area contributed by atoms with Gasteiger partial charge in [0.2, 0.25) is 0 Å². The summed E-state index contributed by atoms with van der Waals surface area (Å²) in [5, 5.41) is 3.03. The zero-order valence-corrected chi connectivity index (χ0v) is 22.8. The number of fused-ring (bicyclic) bond motifs is 4. The molecule has 6 rings (SSSR count). The van der Waals surface area contributed by atoms with E-state index in [0.717, 1.165) is 56.6 Å². The third kappa shape index (κ3) is 5.03. The van der Waals surface area contributed by atoms with E-state index < -0.39 is 5.82 Å². The number of rotatable bonds is 5. The predicted octanol–water partition coefficient (Wildman–Crippen LogP) is 5.27. The van der Waals surface area contributed by atoms with Crippen molar-refractivity contribution in [1.29, 1.82) is 0 Å². The summed E-state index contributed by atoms with van der Waals surface area (Å²) in [6.07, 6.45) is 5.07. The van der Waals surface area contributed by atoms with E-state index in [-0.39, 0.29) is 29.3 Å². The summed E-state index contributed by atoms with van der Waals surface area (Å²) in [4.78, 5) is 43.7. The Morgan fingerprint density at radius 2 is 1.77 bits per heavy atom. The molecular formula is C32H35FN4O3. The topological polar surface area (TPSA) is 74.7 Å². The molecule has 7 nitrogen and oxygen atoms in total. The highest BCUT2D eigenvalue weighted by Crippen LogP contribution is 2.39. The van der Waals surface area contributed by atoms with Crippen LogP contribution in [0.25, 0.3) is 0 Å². The lowest BCUT2D eigenvalue weighted by molar-refractivity contribution is 0.0608. The first kappa shape index (κ1) is 26.3. The number of carbonyl (C=O) groups is 2. The summed E-state index contributed by atoms with van der Waals surface area (Å²) in [5.41, 5.74) is 3.39. The summed E-state index contributed by atoms with van der Waals surface area (Å²) in [5.74, 6) is -0.284. The number of nitrogens with one attached hydrogen (secondary N) is 1. The van der Waals surface area contributed by atoms with Crippen LogP contribution in [-0.2, 0) is 6.54 Å². The number of piperidine rings is 2. The third-order valence-electron chi connectivity index (χ3n) is 8.78. The van der Waals surface area contributed by atoms with E-state index in [2.05, 4.69) is 17.1 Å². The molecule has 2 saturated heterocycles. The van der Waals surface area contributed by atoms with Gasteiger partial charge in [0.05, 0.1) is 11.4 Å². The minimum absolute atomic E-state index is 0.0146. The average molecular weight is 543 g/mol. The van der Waals surface area contributed by atoms with E-state index >= 15 is 0 Å². The van der Waals surface area contributed by atoms with Gasteiger partial charge in [0.15, 0.2) is 0 Å². The van der Waals surface area contributed by atoms with Crippen LogP contribution in [0.4, 0.5) is 15.8 Å². The largest absolute Gasteiger partial charge is 0.369 e. The molecule has 8 heteroatoms. The first-order valence-electron chi connectivity index (χ1n) is 14.4. The Morgan fingerprint density at radius 3 is 2.58 bits per heavy atom. The second kappa shape index (κ2) is 10.9. The maximum atomic E-state index is 13.7. The maximum Gasteiger partial charge on any atom is 0.255 e. The van der Waals surface area contributed by atoms with Gasteiger partial charge >= 0.3 is 0 Å². The molecule has 0 aliphatic carbocycles. The zero-order chi connectivity index (χ0) is 27.8. The molecule has 2 bridgehead atoms. The van der Waals surface area contributed by atoms with E-state index in [0.29, 0.717) is 35.8 Å². The minimum atomic E-state index is -0.406. The van der Waals surface area contributed by atoms with E-state index in [9.17, 15) is 18.8 Å². The van der Waals surface area contributed by atoms with Gasteiger partial charge in [-0.3, -0.25) is 14.4 Å². The fraction of sp³-hybridized carbons (Fsp3) is 0.406. The Balaban J connectivity index is 1.34. The van der Waals surface area contributed by atoms with Crippen molar-refractivity contribution < 1.29 is 14.0 Å². The molecule has 3 aromatic rings. The van der Waals surface area contributed by atoms with Crippen LogP contribution in [0, 0.1) is 11.7 Å². The van der Waals surface area contributed by atoms with Crippen molar-refractivity contribution in [3.63, 3.8) is 0 Å². The van der Waals surface area contributed by atoms with E-state index in [1.807, 2.05) is 33.7 Å². The van der Waals surface area contributed by atoms with Crippen LogP contribution in [0.3, 0.4) is 0 Å². The monoisotopic (exact) mass is 542 g/mol. The minimum Gasteiger partial charge on any atom is -0.369 e. The quantitative estimate of drug-likeness (QED) is 0.477. The van der Waals surface area contributed by atoms with Gasteiger partial charge in [-0.2, -0.15) is 0 Å². The summed E-state index contributed by atoms with van der Waals surface area (Å²) >= 11 is 0. The molecule has 3 aliphatic heterocycles. The summed E-state index contributed by atoms with van der Waals surface area (Å²) in [6.45, 7) is 4.98. The number of carbonyl (C=O) groups excluding carboxylic acids is 2.